The number of aliphatic hydroxyl groups excluding tert-OH is 3. The van der Waals surface area contributed by atoms with Gasteiger partial charge in [0.25, 0.3) is 5.91 Å². The number of aliphatic hydroxyl groups is 3. The van der Waals surface area contributed by atoms with Crippen LogP contribution in [0.5, 0.6) is 0 Å². The van der Waals surface area contributed by atoms with Gasteiger partial charge in [-0.15, -0.1) is 0 Å². The highest BCUT2D eigenvalue weighted by Crippen LogP contribution is 2.18. The summed E-state index contributed by atoms with van der Waals surface area (Å²) in [6.07, 6.45) is -5.84. The first kappa shape index (κ1) is 10.4. The molecule has 0 unspecified atom stereocenters. The molecule has 0 aromatic heterocycles. The molecule has 1 radical (unpaired) electrons. The first-order chi connectivity index (χ1) is 6.07. The monoisotopic (exact) mass is 192 g/mol. The maximum Gasteiger partial charge on any atom is 0.275 e. The zero-order valence-corrected chi connectivity index (χ0v) is 6.49. The molecule has 0 saturated carbocycles. The van der Waals surface area contributed by atoms with E-state index in [1.54, 1.807) is 0 Å². The van der Waals surface area contributed by atoms with Crippen molar-refractivity contribution in [3.05, 3.63) is 6.61 Å². The molecule has 0 aromatic rings. The molecule has 0 spiro atoms. The summed E-state index contributed by atoms with van der Waals surface area (Å²) in [4.78, 5) is 10.8. The molecule has 7 nitrogen and oxygen atoms in total. The average Bonchev–Trinajstić information content (AvgIpc) is 2.13. The van der Waals surface area contributed by atoms with Crippen LogP contribution in [0.3, 0.4) is 0 Å². The Morgan fingerprint density at radius 2 is 1.92 bits per heavy atom. The number of hydrogen-bond acceptors (Lipinski definition) is 6. The highest BCUT2D eigenvalue weighted by molar-refractivity contribution is 5.80. The number of hydrogen-bond donors (Lipinski definition) is 5. The van der Waals surface area contributed by atoms with E-state index >= 15 is 0 Å². The molecule has 5 N–H and O–H groups in total. The van der Waals surface area contributed by atoms with E-state index in [2.05, 4.69) is 4.74 Å². The summed E-state index contributed by atoms with van der Waals surface area (Å²) in [5, 5.41) is 35.4. The number of carbonyl (C=O) groups is 1. The Morgan fingerprint density at radius 3 is 2.46 bits per heavy atom. The summed E-state index contributed by atoms with van der Waals surface area (Å²) in [6.45, 7) is 0.817. The van der Waals surface area contributed by atoms with E-state index in [4.69, 9.17) is 15.4 Å². The Kier molecular flexibility index (Phi) is 3.17. The van der Waals surface area contributed by atoms with Gasteiger partial charge in [0.1, 0.15) is 24.9 Å². The van der Waals surface area contributed by atoms with Crippen LogP contribution in [0.1, 0.15) is 0 Å². The van der Waals surface area contributed by atoms with Gasteiger partial charge in [-0.05, 0) is 0 Å². The fourth-order valence-electron chi connectivity index (χ4n) is 0.988. The van der Waals surface area contributed by atoms with Crippen molar-refractivity contribution >= 4 is 5.91 Å². The summed E-state index contributed by atoms with van der Waals surface area (Å²) in [7, 11) is 0. The highest BCUT2D eigenvalue weighted by atomic mass is 16.5. The van der Waals surface area contributed by atoms with Crippen molar-refractivity contribution in [1.82, 2.24) is 5.48 Å². The van der Waals surface area contributed by atoms with Crippen LogP contribution in [0.15, 0.2) is 0 Å². The van der Waals surface area contributed by atoms with Crippen molar-refractivity contribution in [3.8, 4) is 0 Å². The molecule has 7 heteroatoms. The van der Waals surface area contributed by atoms with Gasteiger partial charge >= 0.3 is 0 Å². The van der Waals surface area contributed by atoms with Crippen LogP contribution in [-0.2, 0) is 9.53 Å². The number of carbonyl (C=O) groups excluding carboxylic acids is 1. The largest absolute Gasteiger partial charge is 0.387 e. The molecule has 4 atom stereocenters. The fourth-order valence-corrected chi connectivity index (χ4v) is 0.988. The van der Waals surface area contributed by atoms with Crippen LogP contribution in [0, 0.1) is 6.61 Å². The van der Waals surface area contributed by atoms with Crippen molar-refractivity contribution in [2.75, 3.05) is 0 Å². The average molecular weight is 192 g/mol. The standard InChI is InChI=1S/C6H10NO6/c8-2-1-13-5(6(11)7-12)4(10)3(2)9/h1-5,8-10,12H,(H,7,11)/t2-,3+,4+,5-/m0/s1. The van der Waals surface area contributed by atoms with Gasteiger partial charge in [-0.2, -0.15) is 0 Å². The SMILES string of the molecule is O=C(NO)[C@H]1O[CH][C@H](O)[C@@H](O)[C@H]1O. The van der Waals surface area contributed by atoms with Gasteiger partial charge in [-0.1, -0.05) is 0 Å². The third-order valence-electron chi connectivity index (χ3n) is 1.74. The molecule has 13 heavy (non-hydrogen) atoms. The second-order valence-electron chi connectivity index (χ2n) is 2.64. The van der Waals surface area contributed by atoms with Crippen molar-refractivity contribution in [1.29, 1.82) is 0 Å². The predicted octanol–water partition coefficient (Wildman–Crippen LogP) is -2.86. The van der Waals surface area contributed by atoms with Gasteiger partial charge in [0.15, 0.2) is 6.10 Å². The molecule has 1 heterocycles. The molecule has 0 aliphatic carbocycles. The Labute approximate surface area is 73.5 Å². The molecule has 1 aliphatic heterocycles. The van der Waals surface area contributed by atoms with Crippen LogP contribution < -0.4 is 5.48 Å². The van der Waals surface area contributed by atoms with E-state index in [1.165, 1.54) is 5.48 Å². The van der Waals surface area contributed by atoms with Crippen LogP contribution in [0.25, 0.3) is 0 Å². The van der Waals surface area contributed by atoms with Gasteiger partial charge < -0.3 is 20.1 Å². The third kappa shape index (κ3) is 1.95. The minimum absolute atomic E-state index is 0.817. The fraction of sp³-hybridized carbons (Fsp3) is 0.667. The van der Waals surface area contributed by atoms with E-state index in [0.717, 1.165) is 6.61 Å². The van der Waals surface area contributed by atoms with Crippen LogP contribution >= 0.6 is 0 Å². The lowest BCUT2D eigenvalue weighted by molar-refractivity contribution is -0.179. The third-order valence-corrected chi connectivity index (χ3v) is 1.74. The first-order valence-corrected chi connectivity index (χ1v) is 3.55. The van der Waals surface area contributed by atoms with E-state index in [0.29, 0.717) is 0 Å². The molecular formula is C6H10NO6. The smallest absolute Gasteiger partial charge is 0.275 e. The number of hydroxylamine groups is 1. The molecular weight excluding hydrogens is 182 g/mol. The Hall–Kier alpha value is -0.730. The lowest BCUT2D eigenvalue weighted by Crippen LogP contribution is -2.55. The maximum atomic E-state index is 10.8. The van der Waals surface area contributed by atoms with Crippen molar-refractivity contribution in [2.24, 2.45) is 0 Å². The lowest BCUT2D eigenvalue weighted by atomic mass is 10.00. The second-order valence-corrected chi connectivity index (χ2v) is 2.64. The molecule has 1 saturated heterocycles. The van der Waals surface area contributed by atoms with Crippen molar-refractivity contribution in [2.45, 2.75) is 24.4 Å². The van der Waals surface area contributed by atoms with E-state index in [-0.39, 0.29) is 0 Å². The van der Waals surface area contributed by atoms with Crippen LogP contribution in [0.4, 0.5) is 0 Å². The van der Waals surface area contributed by atoms with Crippen LogP contribution in [0.2, 0.25) is 0 Å². The predicted molar refractivity (Wildman–Crippen MR) is 37.1 cm³/mol. The molecule has 75 valence electrons. The van der Waals surface area contributed by atoms with E-state index in [9.17, 15) is 9.90 Å². The first-order valence-electron chi connectivity index (χ1n) is 3.55. The van der Waals surface area contributed by atoms with Gasteiger partial charge in [0.2, 0.25) is 0 Å². The summed E-state index contributed by atoms with van der Waals surface area (Å²) >= 11 is 0. The quantitative estimate of drug-likeness (QED) is 0.225. The Bertz CT molecular complexity index is 198. The topological polar surface area (TPSA) is 119 Å². The summed E-state index contributed by atoms with van der Waals surface area (Å²) in [6, 6.07) is 0. The summed E-state index contributed by atoms with van der Waals surface area (Å²) < 4.78 is 4.57. The molecule has 1 aliphatic rings. The lowest BCUT2D eigenvalue weighted by Gasteiger charge is -2.33. The number of ether oxygens (including phenoxy) is 1. The summed E-state index contributed by atoms with van der Waals surface area (Å²) in [5.74, 6) is -0.991. The van der Waals surface area contributed by atoms with Crippen LogP contribution in [-0.4, -0.2) is 50.8 Å². The van der Waals surface area contributed by atoms with E-state index < -0.39 is 30.3 Å². The van der Waals surface area contributed by atoms with Crippen molar-refractivity contribution in [3.63, 3.8) is 0 Å². The van der Waals surface area contributed by atoms with E-state index in [1.807, 2.05) is 0 Å². The van der Waals surface area contributed by atoms with Gasteiger partial charge in [-0.25, -0.2) is 5.48 Å². The molecule has 0 bridgehead atoms. The zero-order valence-electron chi connectivity index (χ0n) is 6.49. The van der Waals surface area contributed by atoms with Gasteiger partial charge in [-0.3, -0.25) is 10.0 Å². The minimum atomic E-state index is -1.58. The molecule has 1 rings (SSSR count). The zero-order chi connectivity index (χ0) is 10.0. The van der Waals surface area contributed by atoms with Crippen molar-refractivity contribution < 1.29 is 30.1 Å². The minimum Gasteiger partial charge on any atom is -0.387 e. The second kappa shape index (κ2) is 3.99. The molecule has 1 amide bonds. The van der Waals surface area contributed by atoms with Gasteiger partial charge in [0, 0.05) is 0 Å². The number of amides is 1. The normalized spacial score (nSPS) is 40.0. The van der Waals surface area contributed by atoms with Gasteiger partial charge in [0.05, 0.1) is 0 Å². The number of rotatable bonds is 1. The molecule has 0 aromatic carbocycles. The molecule has 1 fully saturated rings. The summed E-state index contributed by atoms with van der Waals surface area (Å²) in [5.41, 5.74) is 1.26. The number of nitrogens with one attached hydrogen (secondary N) is 1. The highest BCUT2D eigenvalue weighted by Gasteiger charge is 2.41. The Morgan fingerprint density at radius 1 is 1.31 bits per heavy atom. The maximum absolute atomic E-state index is 10.8. The Balaban J connectivity index is 2.63.